The van der Waals surface area contributed by atoms with Crippen molar-refractivity contribution in [2.75, 3.05) is 0 Å². The van der Waals surface area contributed by atoms with Gasteiger partial charge < -0.3 is 0 Å². The highest BCUT2D eigenvalue weighted by atomic mass is 16.1. The van der Waals surface area contributed by atoms with Gasteiger partial charge in [0, 0.05) is 6.42 Å². The summed E-state index contributed by atoms with van der Waals surface area (Å²) in [4.78, 5) is 29.0. The maximum absolute atomic E-state index is 10.7. The lowest BCUT2D eigenvalue weighted by atomic mass is 9.91. The standard InChI is InChI=1S/C19H18N2O2/c1-3-14-9-10-19(21-13-23)17(16(14)4-2)11-15-7-5-6-8-18(15)20-12-22/h5-10H,3-4,11H2,1-2H3. The predicted octanol–water partition coefficient (Wildman–Crippen LogP) is 4.34. The van der Waals surface area contributed by atoms with Gasteiger partial charge in [0.2, 0.25) is 12.2 Å². The molecule has 0 heterocycles. The molecule has 0 aliphatic heterocycles. The summed E-state index contributed by atoms with van der Waals surface area (Å²) >= 11 is 0. The summed E-state index contributed by atoms with van der Waals surface area (Å²) < 4.78 is 0. The zero-order valence-electron chi connectivity index (χ0n) is 13.3. The molecule has 0 aliphatic carbocycles. The molecule has 0 bridgehead atoms. The first kappa shape index (κ1) is 16.6. The van der Waals surface area contributed by atoms with Crippen LogP contribution in [0.5, 0.6) is 0 Å². The van der Waals surface area contributed by atoms with Crippen molar-refractivity contribution in [1.82, 2.24) is 0 Å². The van der Waals surface area contributed by atoms with Crippen LogP contribution < -0.4 is 0 Å². The van der Waals surface area contributed by atoms with Crippen LogP contribution in [0.4, 0.5) is 11.4 Å². The average molecular weight is 306 g/mol. The van der Waals surface area contributed by atoms with Gasteiger partial charge in [0.15, 0.2) is 0 Å². The van der Waals surface area contributed by atoms with E-state index in [2.05, 4.69) is 23.8 Å². The number of hydrogen-bond acceptors (Lipinski definition) is 4. The predicted molar refractivity (Wildman–Crippen MR) is 90.0 cm³/mol. The molecule has 0 unspecified atom stereocenters. The molecule has 0 N–H and O–H groups in total. The minimum Gasteiger partial charge on any atom is -0.211 e. The number of rotatable bonds is 6. The van der Waals surface area contributed by atoms with Gasteiger partial charge in [-0.15, -0.1) is 0 Å². The molecule has 0 saturated carbocycles. The van der Waals surface area contributed by atoms with E-state index in [9.17, 15) is 9.59 Å². The van der Waals surface area contributed by atoms with E-state index in [1.165, 1.54) is 11.1 Å². The van der Waals surface area contributed by atoms with Crippen molar-refractivity contribution in [2.45, 2.75) is 33.1 Å². The Morgan fingerprint density at radius 3 is 2.13 bits per heavy atom. The third kappa shape index (κ3) is 3.70. The van der Waals surface area contributed by atoms with Crippen molar-refractivity contribution >= 4 is 23.5 Å². The van der Waals surface area contributed by atoms with E-state index < -0.39 is 0 Å². The molecular formula is C19H18N2O2. The summed E-state index contributed by atoms with van der Waals surface area (Å²) in [6.07, 6.45) is 5.53. The summed E-state index contributed by atoms with van der Waals surface area (Å²) in [5, 5.41) is 0. The van der Waals surface area contributed by atoms with Gasteiger partial charge >= 0.3 is 0 Å². The third-order valence-electron chi connectivity index (χ3n) is 3.93. The molecule has 23 heavy (non-hydrogen) atoms. The molecule has 0 spiro atoms. The molecule has 4 heteroatoms. The third-order valence-corrected chi connectivity index (χ3v) is 3.93. The largest absolute Gasteiger partial charge is 0.240 e. The average Bonchev–Trinajstić information content (AvgIpc) is 2.58. The van der Waals surface area contributed by atoms with Crippen molar-refractivity contribution in [3.63, 3.8) is 0 Å². The van der Waals surface area contributed by atoms with E-state index in [0.29, 0.717) is 17.8 Å². The summed E-state index contributed by atoms with van der Waals surface area (Å²) in [6.45, 7) is 4.19. The maximum atomic E-state index is 10.7. The number of para-hydroxylation sites is 1. The Kier molecular flexibility index (Phi) is 5.76. The van der Waals surface area contributed by atoms with E-state index >= 15 is 0 Å². The Morgan fingerprint density at radius 1 is 0.783 bits per heavy atom. The first-order chi connectivity index (χ1) is 11.2. The van der Waals surface area contributed by atoms with Gasteiger partial charge in [-0.05, 0) is 47.2 Å². The summed E-state index contributed by atoms with van der Waals surface area (Å²) in [5.74, 6) is 0. The van der Waals surface area contributed by atoms with E-state index in [1.54, 1.807) is 18.2 Å². The van der Waals surface area contributed by atoms with Gasteiger partial charge in [-0.3, -0.25) is 0 Å². The highest BCUT2D eigenvalue weighted by Gasteiger charge is 2.13. The molecule has 2 rings (SSSR count). The van der Waals surface area contributed by atoms with Gasteiger partial charge in [0.05, 0.1) is 11.4 Å². The van der Waals surface area contributed by atoms with E-state index in [4.69, 9.17) is 0 Å². The van der Waals surface area contributed by atoms with Crippen LogP contribution in [0.15, 0.2) is 46.4 Å². The molecule has 0 atom stereocenters. The maximum Gasteiger partial charge on any atom is 0.240 e. The van der Waals surface area contributed by atoms with Crippen molar-refractivity contribution in [3.05, 3.63) is 58.7 Å². The summed E-state index contributed by atoms with van der Waals surface area (Å²) in [6, 6.07) is 11.3. The highest BCUT2D eigenvalue weighted by Crippen LogP contribution is 2.31. The van der Waals surface area contributed by atoms with Gasteiger partial charge in [-0.1, -0.05) is 38.1 Å². The van der Waals surface area contributed by atoms with Crippen LogP contribution in [0.25, 0.3) is 0 Å². The normalized spacial score (nSPS) is 9.83. The van der Waals surface area contributed by atoms with Crippen LogP contribution in [0.2, 0.25) is 0 Å². The van der Waals surface area contributed by atoms with Crippen LogP contribution in [-0.4, -0.2) is 12.2 Å². The van der Waals surface area contributed by atoms with E-state index in [-0.39, 0.29) is 0 Å². The Balaban J connectivity index is 2.62. The molecule has 0 aromatic heterocycles. The SMILES string of the molecule is CCc1ccc(N=C=O)c(Cc2ccccc2N=C=O)c1CC. The van der Waals surface area contributed by atoms with Crippen LogP contribution in [0, 0.1) is 0 Å². The first-order valence-corrected chi connectivity index (χ1v) is 7.62. The van der Waals surface area contributed by atoms with Gasteiger partial charge in [0.1, 0.15) is 0 Å². The number of nitrogens with zero attached hydrogens (tertiary/aromatic N) is 2. The van der Waals surface area contributed by atoms with Crippen molar-refractivity contribution in [2.24, 2.45) is 9.98 Å². The molecule has 2 aromatic carbocycles. The number of isocyanates is 2. The molecule has 116 valence electrons. The minimum absolute atomic E-state index is 0.554. The van der Waals surface area contributed by atoms with E-state index in [0.717, 1.165) is 24.0 Å². The summed E-state index contributed by atoms with van der Waals surface area (Å²) in [7, 11) is 0. The molecule has 4 nitrogen and oxygen atoms in total. The second-order valence-electron chi connectivity index (χ2n) is 5.12. The van der Waals surface area contributed by atoms with Crippen molar-refractivity contribution in [1.29, 1.82) is 0 Å². The lowest BCUT2D eigenvalue weighted by Gasteiger charge is -2.15. The monoisotopic (exact) mass is 306 g/mol. The Hall–Kier alpha value is -2.80. The van der Waals surface area contributed by atoms with Crippen molar-refractivity contribution in [3.8, 4) is 0 Å². The number of aryl methyl sites for hydroxylation is 1. The number of hydrogen-bond donors (Lipinski definition) is 0. The fourth-order valence-electron chi connectivity index (χ4n) is 2.86. The fourth-order valence-corrected chi connectivity index (χ4v) is 2.86. The lowest BCUT2D eigenvalue weighted by Crippen LogP contribution is -2.00. The van der Waals surface area contributed by atoms with Crippen LogP contribution in [0.3, 0.4) is 0 Å². The second kappa shape index (κ2) is 8.00. The fraction of sp³-hybridized carbons (Fsp3) is 0.263. The molecule has 0 saturated heterocycles. The first-order valence-electron chi connectivity index (χ1n) is 7.62. The zero-order chi connectivity index (χ0) is 16.7. The molecule has 0 aliphatic rings. The Labute approximate surface area is 135 Å². The number of benzene rings is 2. The molecule has 2 aromatic rings. The van der Waals surface area contributed by atoms with Crippen LogP contribution in [-0.2, 0) is 28.9 Å². The molecule has 0 fully saturated rings. The molecule has 0 radical (unpaired) electrons. The lowest BCUT2D eigenvalue weighted by molar-refractivity contribution is 0.564. The van der Waals surface area contributed by atoms with Gasteiger partial charge in [-0.25, -0.2) is 9.59 Å². The molecule has 0 amide bonds. The smallest absolute Gasteiger partial charge is 0.211 e. The highest BCUT2D eigenvalue weighted by molar-refractivity contribution is 5.62. The van der Waals surface area contributed by atoms with Crippen LogP contribution in [0.1, 0.15) is 36.1 Å². The van der Waals surface area contributed by atoms with Crippen molar-refractivity contribution < 1.29 is 9.59 Å². The van der Waals surface area contributed by atoms with Crippen LogP contribution >= 0.6 is 0 Å². The zero-order valence-corrected chi connectivity index (χ0v) is 13.3. The van der Waals surface area contributed by atoms with Gasteiger partial charge in [-0.2, -0.15) is 9.98 Å². The topological polar surface area (TPSA) is 58.9 Å². The summed E-state index contributed by atoms with van der Waals surface area (Å²) in [5.41, 5.74) is 5.54. The van der Waals surface area contributed by atoms with Gasteiger partial charge in [0.25, 0.3) is 0 Å². The second-order valence-corrected chi connectivity index (χ2v) is 5.12. The Bertz CT molecular complexity index is 799. The molecular weight excluding hydrogens is 288 g/mol. The quantitative estimate of drug-likeness (QED) is 0.589. The Morgan fingerprint density at radius 2 is 1.48 bits per heavy atom. The number of aliphatic imine (C=N–C) groups is 2. The minimum atomic E-state index is 0.554. The van der Waals surface area contributed by atoms with E-state index in [1.807, 2.05) is 30.3 Å². The number of carbonyl (C=O) groups excluding carboxylic acids is 2.